The van der Waals surface area contributed by atoms with Crippen LogP contribution in [0.15, 0.2) is 95.0 Å². The largest absolute Gasteiger partial charge is 0.411 e. The predicted octanol–water partition coefficient (Wildman–Crippen LogP) is 8.40. The van der Waals surface area contributed by atoms with Crippen LogP contribution in [0.5, 0.6) is 0 Å². The fraction of sp³-hybridized carbons (Fsp3) is 0.182. The highest BCUT2D eigenvalue weighted by Crippen LogP contribution is 2.31. The smallest absolute Gasteiger partial charge is 0.210 e. The topological polar surface area (TPSA) is 71.7 Å². The molecular weight excluding hydrogens is 540 g/mol. The van der Waals surface area contributed by atoms with Crippen LogP contribution >= 0.6 is 23.4 Å². The summed E-state index contributed by atoms with van der Waals surface area (Å²) in [4.78, 5) is 27.4. The SMILES string of the molecule is CCn1c2ccc(CC(=O)c3ccccc3C)cc2c2cc(C(=O)/C(CCSc3ccc(Cl)cc3)=N/O)ccc21. The van der Waals surface area contributed by atoms with Crippen LogP contribution in [0, 0.1) is 6.92 Å². The summed E-state index contributed by atoms with van der Waals surface area (Å²) in [5.41, 5.74) is 5.26. The van der Waals surface area contributed by atoms with Crippen LogP contribution in [0.25, 0.3) is 21.8 Å². The number of aryl methyl sites for hydroxylation is 2. The zero-order chi connectivity index (χ0) is 28.2. The van der Waals surface area contributed by atoms with Crippen LogP contribution in [-0.4, -0.2) is 32.8 Å². The third-order valence-electron chi connectivity index (χ3n) is 7.12. The van der Waals surface area contributed by atoms with Gasteiger partial charge in [-0.05, 0) is 79.6 Å². The van der Waals surface area contributed by atoms with Crippen molar-refractivity contribution in [1.82, 2.24) is 4.57 Å². The second-order valence-corrected chi connectivity index (χ2v) is 11.3. The van der Waals surface area contributed by atoms with Crippen LogP contribution < -0.4 is 0 Å². The average Bonchev–Trinajstić information content (AvgIpc) is 3.28. The van der Waals surface area contributed by atoms with Crippen molar-refractivity contribution < 1.29 is 14.8 Å². The molecule has 0 unspecified atom stereocenters. The maximum Gasteiger partial charge on any atom is 0.210 e. The Morgan fingerprint density at radius 1 is 0.925 bits per heavy atom. The van der Waals surface area contributed by atoms with Crippen LogP contribution in [-0.2, 0) is 13.0 Å². The van der Waals surface area contributed by atoms with E-state index in [1.54, 1.807) is 17.8 Å². The molecule has 40 heavy (non-hydrogen) atoms. The summed E-state index contributed by atoms with van der Waals surface area (Å²) in [6, 6.07) is 26.8. The van der Waals surface area contributed by atoms with E-state index in [2.05, 4.69) is 28.8 Å². The third kappa shape index (κ3) is 5.69. The molecule has 5 rings (SSSR count). The minimum Gasteiger partial charge on any atom is -0.411 e. The Morgan fingerprint density at radius 2 is 1.62 bits per heavy atom. The van der Waals surface area contributed by atoms with E-state index < -0.39 is 0 Å². The summed E-state index contributed by atoms with van der Waals surface area (Å²) >= 11 is 7.52. The van der Waals surface area contributed by atoms with E-state index in [0.717, 1.165) is 49.9 Å². The third-order valence-corrected chi connectivity index (χ3v) is 8.39. The number of carbonyl (C=O) groups excluding carboxylic acids is 2. The summed E-state index contributed by atoms with van der Waals surface area (Å²) in [5, 5.41) is 15.6. The predicted molar refractivity (Wildman–Crippen MR) is 165 cm³/mol. The van der Waals surface area contributed by atoms with Crippen molar-refractivity contribution in [3.63, 3.8) is 0 Å². The highest BCUT2D eigenvalue weighted by atomic mass is 35.5. The lowest BCUT2D eigenvalue weighted by Gasteiger charge is -2.06. The molecule has 0 fully saturated rings. The molecule has 7 heteroatoms. The highest BCUT2D eigenvalue weighted by Gasteiger charge is 2.19. The molecule has 0 aliphatic heterocycles. The van der Waals surface area contributed by atoms with Crippen molar-refractivity contribution in [2.75, 3.05) is 5.75 Å². The second kappa shape index (κ2) is 12.1. The van der Waals surface area contributed by atoms with Gasteiger partial charge in [-0.3, -0.25) is 9.59 Å². The number of aromatic nitrogens is 1. The molecule has 1 heterocycles. The molecule has 0 aliphatic carbocycles. The second-order valence-electron chi connectivity index (χ2n) is 9.67. The van der Waals surface area contributed by atoms with Gasteiger partial charge in [0.2, 0.25) is 5.78 Å². The summed E-state index contributed by atoms with van der Waals surface area (Å²) in [5.74, 6) is 0.361. The molecule has 0 saturated carbocycles. The van der Waals surface area contributed by atoms with Crippen molar-refractivity contribution in [1.29, 1.82) is 0 Å². The first-order valence-corrected chi connectivity index (χ1v) is 14.5. The number of Topliss-reactive ketones (excluding diaryl/α,β-unsaturated/α-hetero) is 2. The highest BCUT2D eigenvalue weighted by molar-refractivity contribution is 7.99. The zero-order valence-electron chi connectivity index (χ0n) is 22.4. The van der Waals surface area contributed by atoms with E-state index in [0.29, 0.717) is 29.2 Å². The number of hydrogen-bond acceptors (Lipinski definition) is 5. The number of nitrogens with zero attached hydrogens (tertiary/aromatic N) is 2. The van der Waals surface area contributed by atoms with E-state index in [9.17, 15) is 14.8 Å². The number of rotatable bonds is 10. The summed E-state index contributed by atoms with van der Waals surface area (Å²) in [7, 11) is 0. The first-order chi connectivity index (χ1) is 19.4. The molecule has 5 nitrogen and oxygen atoms in total. The van der Waals surface area contributed by atoms with Gasteiger partial charge < -0.3 is 9.77 Å². The monoisotopic (exact) mass is 568 g/mol. The molecule has 0 radical (unpaired) electrons. The fourth-order valence-corrected chi connectivity index (χ4v) is 6.07. The van der Waals surface area contributed by atoms with Crippen LogP contribution in [0.1, 0.15) is 45.2 Å². The van der Waals surface area contributed by atoms with Gasteiger partial charge in [0.1, 0.15) is 5.71 Å². The number of halogens is 1. The van der Waals surface area contributed by atoms with Gasteiger partial charge in [-0.2, -0.15) is 0 Å². The normalized spacial score (nSPS) is 11.8. The standard InChI is InChI=1S/C33H29ClN2O3S/c1-3-36-30-14-8-22(19-32(37)26-7-5-4-6-21(26)2)18-27(30)28-20-23(9-15-31(28)36)33(38)29(35-39)16-17-40-25-12-10-24(34)11-13-25/h4-15,18,20,39H,3,16-17,19H2,1-2H3/b35-29+. The number of carbonyl (C=O) groups is 2. The van der Waals surface area contributed by atoms with Gasteiger partial charge in [-0.1, -0.05) is 47.1 Å². The summed E-state index contributed by atoms with van der Waals surface area (Å²) in [6.45, 7) is 4.80. The van der Waals surface area contributed by atoms with Crippen molar-refractivity contribution in [3.05, 3.63) is 112 Å². The van der Waals surface area contributed by atoms with Crippen molar-refractivity contribution in [2.24, 2.45) is 5.16 Å². The van der Waals surface area contributed by atoms with E-state index in [-0.39, 0.29) is 17.3 Å². The average molecular weight is 569 g/mol. The molecule has 0 atom stereocenters. The number of ketones is 2. The first kappa shape index (κ1) is 27.7. The van der Waals surface area contributed by atoms with Crippen LogP contribution in [0.4, 0.5) is 0 Å². The van der Waals surface area contributed by atoms with Gasteiger partial charge in [-0.15, -0.1) is 11.8 Å². The molecule has 0 amide bonds. The Morgan fingerprint density at radius 3 is 2.33 bits per heavy atom. The number of hydrogen-bond donors (Lipinski definition) is 1. The Labute approximate surface area is 242 Å². The number of thioether (sulfide) groups is 1. The van der Waals surface area contributed by atoms with Gasteiger partial charge in [0.25, 0.3) is 0 Å². The minimum atomic E-state index is -0.301. The molecule has 0 bridgehead atoms. The van der Waals surface area contributed by atoms with Gasteiger partial charge in [0.15, 0.2) is 5.78 Å². The number of oxime groups is 1. The maximum atomic E-state index is 13.4. The summed E-state index contributed by atoms with van der Waals surface area (Å²) < 4.78 is 2.20. The Hall–Kier alpha value is -3.87. The van der Waals surface area contributed by atoms with Gasteiger partial charge in [0, 0.05) is 68.0 Å². The molecule has 1 aromatic heterocycles. The Balaban J connectivity index is 1.42. The quantitative estimate of drug-likeness (QED) is 0.0603. The molecule has 1 N–H and O–H groups in total. The van der Waals surface area contributed by atoms with Crippen LogP contribution in [0.3, 0.4) is 0 Å². The van der Waals surface area contributed by atoms with E-state index >= 15 is 0 Å². The van der Waals surface area contributed by atoms with Crippen LogP contribution in [0.2, 0.25) is 5.02 Å². The summed E-state index contributed by atoms with van der Waals surface area (Å²) in [6.07, 6.45) is 0.618. The van der Waals surface area contributed by atoms with E-state index in [1.807, 2.05) is 73.7 Å². The molecule has 0 saturated heterocycles. The van der Waals surface area contributed by atoms with E-state index in [4.69, 9.17) is 11.6 Å². The van der Waals surface area contributed by atoms with Crippen molar-refractivity contribution in [3.8, 4) is 0 Å². The molecule has 5 aromatic rings. The molecular formula is C33H29ClN2O3S. The fourth-order valence-electron chi connectivity index (χ4n) is 5.08. The molecule has 0 spiro atoms. The zero-order valence-corrected chi connectivity index (χ0v) is 23.9. The van der Waals surface area contributed by atoms with Gasteiger partial charge in [0.05, 0.1) is 0 Å². The number of benzene rings is 4. The van der Waals surface area contributed by atoms with Crippen molar-refractivity contribution >= 4 is 62.4 Å². The lowest BCUT2D eigenvalue weighted by atomic mass is 9.98. The lowest BCUT2D eigenvalue weighted by molar-refractivity contribution is 0.0991. The Kier molecular flexibility index (Phi) is 8.38. The Bertz CT molecular complexity index is 1760. The molecule has 0 aliphatic rings. The molecule has 4 aromatic carbocycles. The van der Waals surface area contributed by atoms with E-state index in [1.165, 1.54) is 0 Å². The van der Waals surface area contributed by atoms with Gasteiger partial charge in [-0.25, -0.2) is 0 Å². The molecule has 202 valence electrons. The van der Waals surface area contributed by atoms with Crippen molar-refractivity contribution in [2.45, 2.75) is 38.1 Å². The first-order valence-electron chi connectivity index (χ1n) is 13.2. The lowest BCUT2D eigenvalue weighted by Crippen LogP contribution is -2.15. The number of fused-ring (bicyclic) bond motifs is 3. The minimum absolute atomic E-state index is 0.0767. The maximum absolute atomic E-state index is 13.4. The van der Waals surface area contributed by atoms with Gasteiger partial charge >= 0.3 is 0 Å².